The molecule has 0 aliphatic rings. The van der Waals surface area contributed by atoms with Crippen molar-refractivity contribution in [2.45, 2.75) is 4.21 Å². The number of aromatic hydroxyl groups is 1. The minimum absolute atomic E-state index is 0.0444. The lowest BCUT2D eigenvalue weighted by Crippen LogP contribution is -2.21. The van der Waals surface area contributed by atoms with E-state index >= 15 is 0 Å². The molecule has 156 valence electrons. The fraction of sp³-hybridized carbons (Fsp3) is 0.0556. The molecule has 0 saturated heterocycles. The Labute approximate surface area is 180 Å². The van der Waals surface area contributed by atoms with Crippen molar-refractivity contribution in [1.29, 1.82) is 0 Å². The number of amides is 1. The summed E-state index contributed by atoms with van der Waals surface area (Å²) in [6.07, 6.45) is 1.34. The first-order valence-electron chi connectivity index (χ1n) is 8.22. The van der Waals surface area contributed by atoms with Gasteiger partial charge in [-0.1, -0.05) is 17.7 Å². The van der Waals surface area contributed by atoms with Crippen LogP contribution >= 0.6 is 22.9 Å². The maximum Gasteiger partial charge on any atom is 0.342 e. The second-order valence-electron chi connectivity index (χ2n) is 5.76. The van der Waals surface area contributed by atoms with Gasteiger partial charge in [-0.2, -0.15) is 0 Å². The van der Waals surface area contributed by atoms with Gasteiger partial charge in [-0.25, -0.2) is 18.2 Å². The summed E-state index contributed by atoms with van der Waals surface area (Å²) in [4.78, 5) is 28.0. The number of thiophene rings is 1. The zero-order valence-corrected chi connectivity index (χ0v) is 17.4. The van der Waals surface area contributed by atoms with Gasteiger partial charge in [0, 0.05) is 11.9 Å². The number of ether oxygens (including phenoxy) is 1. The largest absolute Gasteiger partial charge is 0.507 e. The molecule has 3 rings (SSSR count). The van der Waals surface area contributed by atoms with Crippen LogP contribution in [-0.4, -0.2) is 37.0 Å². The van der Waals surface area contributed by atoms with E-state index in [-0.39, 0.29) is 21.3 Å². The zero-order valence-electron chi connectivity index (χ0n) is 15.0. The number of aromatic nitrogens is 1. The first kappa shape index (κ1) is 21.6. The van der Waals surface area contributed by atoms with Gasteiger partial charge in [0.05, 0.1) is 5.02 Å². The van der Waals surface area contributed by atoms with E-state index in [0.717, 1.165) is 23.5 Å². The van der Waals surface area contributed by atoms with Gasteiger partial charge in [0.25, 0.3) is 15.9 Å². The maximum absolute atomic E-state index is 12.3. The van der Waals surface area contributed by atoms with Crippen molar-refractivity contribution < 1.29 is 27.9 Å². The molecular formula is C18H14ClN3O6S2. The first-order valence-corrected chi connectivity index (χ1v) is 11.0. The minimum atomic E-state index is -3.83. The molecule has 0 saturated carbocycles. The average molecular weight is 468 g/mol. The summed E-state index contributed by atoms with van der Waals surface area (Å²) in [7, 11) is -3.83. The number of sulfonamides is 1. The molecule has 12 heteroatoms. The second-order valence-corrected chi connectivity index (χ2v) is 9.05. The standard InChI is InChI=1S/C18H14ClN3O6S2/c19-11-3-6-15(20-9-11)21-16(24)10-28-18(25)13-8-12(4-5-14(13)23)22-30(26,27)17-2-1-7-29-17/h1-9,22-23H,10H2,(H,20,21,24). The first-order chi connectivity index (χ1) is 14.2. The van der Waals surface area contributed by atoms with Crippen molar-refractivity contribution in [3.63, 3.8) is 0 Å². The third-order valence-corrected chi connectivity index (χ3v) is 6.56. The average Bonchev–Trinajstić information content (AvgIpc) is 3.25. The summed E-state index contributed by atoms with van der Waals surface area (Å²) < 4.78 is 31.9. The van der Waals surface area contributed by atoms with Crippen molar-refractivity contribution in [3.8, 4) is 5.75 Å². The topological polar surface area (TPSA) is 135 Å². The summed E-state index contributed by atoms with van der Waals surface area (Å²) in [5.41, 5.74) is -0.262. The van der Waals surface area contributed by atoms with Crippen LogP contribution in [0, 0.1) is 0 Å². The normalized spacial score (nSPS) is 11.0. The lowest BCUT2D eigenvalue weighted by molar-refractivity contribution is -0.119. The SMILES string of the molecule is O=C(COC(=O)c1cc(NS(=O)(=O)c2cccs2)ccc1O)Nc1ccc(Cl)cn1. The van der Waals surface area contributed by atoms with Crippen molar-refractivity contribution >= 4 is 56.3 Å². The summed E-state index contributed by atoms with van der Waals surface area (Å²) in [6, 6.07) is 9.55. The number of carbonyl (C=O) groups excluding carboxylic acids is 2. The summed E-state index contributed by atoms with van der Waals surface area (Å²) in [5, 5.41) is 14.3. The molecule has 0 fully saturated rings. The summed E-state index contributed by atoms with van der Waals surface area (Å²) in [5.74, 6) is -1.89. The number of phenols is 1. The molecule has 1 aromatic carbocycles. The van der Waals surface area contributed by atoms with Crippen LogP contribution in [0.4, 0.5) is 11.5 Å². The summed E-state index contributed by atoms with van der Waals surface area (Å²) >= 11 is 6.73. The van der Waals surface area contributed by atoms with Crippen molar-refractivity contribution in [1.82, 2.24) is 4.98 Å². The Morgan fingerprint density at radius 1 is 1.20 bits per heavy atom. The van der Waals surface area contributed by atoms with E-state index in [2.05, 4.69) is 15.0 Å². The Hall–Kier alpha value is -3.15. The highest BCUT2D eigenvalue weighted by atomic mass is 35.5. The second kappa shape index (κ2) is 9.11. The lowest BCUT2D eigenvalue weighted by Gasteiger charge is -2.10. The Morgan fingerprint density at radius 2 is 2.00 bits per heavy atom. The van der Waals surface area contributed by atoms with E-state index in [1.807, 2.05) is 0 Å². The molecule has 0 atom stereocenters. The van der Waals surface area contributed by atoms with E-state index < -0.39 is 34.3 Å². The molecule has 30 heavy (non-hydrogen) atoms. The van der Waals surface area contributed by atoms with Crippen LogP contribution in [0.5, 0.6) is 5.75 Å². The molecule has 9 nitrogen and oxygen atoms in total. The predicted molar refractivity (Wildman–Crippen MR) is 111 cm³/mol. The Kier molecular flexibility index (Phi) is 6.55. The number of hydrogen-bond donors (Lipinski definition) is 3. The van der Waals surface area contributed by atoms with Crippen LogP contribution in [0.15, 0.2) is 58.3 Å². The van der Waals surface area contributed by atoms with Crippen LogP contribution in [0.1, 0.15) is 10.4 Å². The van der Waals surface area contributed by atoms with Gasteiger partial charge in [-0.05, 0) is 41.8 Å². The fourth-order valence-electron chi connectivity index (χ4n) is 2.22. The van der Waals surface area contributed by atoms with E-state index in [9.17, 15) is 23.1 Å². The van der Waals surface area contributed by atoms with Crippen LogP contribution in [0.2, 0.25) is 5.02 Å². The molecule has 0 aliphatic heterocycles. The van der Waals surface area contributed by atoms with Crippen LogP contribution < -0.4 is 10.0 Å². The number of hydrogen-bond acceptors (Lipinski definition) is 8. The van der Waals surface area contributed by atoms with Gasteiger partial charge >= 0.3 is 5.97 Å². The Balaban J connectivity index is 1.64. The monoisotopic (exact) mass is 467 g/mol. The number of esters is 1. The quantitative estimate of drug-likeness (QED) is 0.359. The molecule has 0 unspecified atom stereocenters. The predicted octanol–water partition coefficient (Wildman–Crippen LogP) is 3.10. The van der Waals surface area contributed by atoms with Gasteiger partial charge < -0.3 is 15.2 Å². The van der Waals surface area contributed by atoms with Crippen molar-refractivity contribution in [3.05, 3.63) is 64.6 Å². The van der Waals surface area contributed by atoms with Gasteiger partial charge in [-0.15, -0.1) is 11.3 Å². The highest BCUT2D eigenvalue weighted by molar-refractivity contribution is 7.94. The molecule has 0 bridgehead atoms. The Morgan fingerprint density at radius 3 is 2.67 bits per heavy atom. The molecule has 0 radical (unpaired) electrons. The number of nitrogens with zero attached hydrogens (tertiary/aromatic N) is 1. The highest BCUT2D eigenvalue weighted by Gasteiger charge is 2.19. The number of nitrogens with one attached hydrogen (secondary N) is 2. The highest BCUT2D eigenvalue weighted by Crippen LogP contribution is 2.25. The molecular weight excluding hydrogens is 454 g/mol. The van der Waals surface area contributed by atoms with Crippen LogP contribution in [0.25, 0.3) is 0 Å². The number of benzene rings is 1. The minimum Gasteiger partial charge on any atom is -0.507 e. The maximum atomic E-state index is 12.3. The smallest absolute Gasteiger partial charge is 0.342 e. The molecule has 0 spiro atoms. The van der Waals surface area contributed by atoms with E-state index in [4.69, 9.17) is 16.3 Å². The number of halogens is 1. The third-order valence-electron chi connectivity index (χ3n) is 3.56. The Bertz CT molecular complexity index is 1170. The van der Waals surface area contributed by atoms with Crippen LogP contribution in [-0.2, 0) is 19.6 Å². The number of pyridine rings is 1. The molecule has 0 aliphatic carbocycles. The summed E-state index contributed by atoms with van der Waals surface area (Å²) in [6.45, 7) is -0.645. The molecule has 3 N–H and O–H groups in total. The van der Waals surface area contributed by atoms with Gasteiger partial charge in [0.15, 0.2) is 6.61 Å². The van der Waals surface area contributed by atoms with E-state index in [0.29, 0.717) is 5.02 Å². The van der Waals surface area contributed by atoms with Gasteiger partial charge in [0.2, 0.25) is 0 Å². The molecule has 2 aromatic heterocycles. The lowest BCUT2D eigenvalue weighted by atomic mass is 10.2. The zero-order chi connectivity index (χ0) is 21.7. The van der Waals surface area contributed by atoms with E-state index in [1.54, 1.807) is 11.4 Å². The number of rotatable bonds is 7. The number of anilines is 2. The van der Waals surface area contributed by atoms with Gasteiger partial charge in [-0.3, -0.25) is 9.52 Å². The van der Waals surface area contributed by atoms with Crippen molar-refractivity contribution in [2.24, 2.45) is 0 Å². The van der Waals surface area contributed by atoms with E-state index in [1.165, 1.54) is 30.5 Å². The van der Waals surface area contributed by atoms with Gasteiger partial charge in [0.1, 0.15) is 21.3 Å². The number of phenolic OH excluding ortho intramolecular Hbond substituents is 1. The van der Waals surface area contributed by atoms with Crippen molar-refractivity contribution in [2.75, 3.05) is 16.6 Å². The molecule has 2 heterocycles. The molecule has 3 aromatic rings. The number of carbonyl (C=O) groups is 2. The third kappa shape index (κ3) is 5.47. The fourth-order valence-corrected chi connectivity index (χ4v) is 4.38. The molecule has 1 amide bonds. The van der Waals surface area contributed by atoms with Crippen LogP contribution in [0.3, 0.4) is 0 Å².